The van der Waals surface area contributed by atoms with E-state index in [1.165, 1.54) is 25.8 Å². The average Bonchev–Trinajstić information content (AvgIpc) is 2.95. The highest BCUT2D eigenvalue weighted by atomic mass is 35.5. The summed E-state index contributed by atoms with van der Waals surface area (Å²) < 4.78 is 0. The van der Waals surface area contributed by atoms with Gasteiger partial charge >= 0.3 is 0 Å². The summed E-state index contributed by atoms with van der Waals surface area (Å²) in [6, 6.07) is 6.68. The van der Waals surface area contributed by atoms with Crippen LogP contribution < -0.4 is 5.73 Å². The summed E-state index contributed by atoms with van der Waals surface area (Å²) in [6.07, 6.45) is 4.03. The summed E-state index contributed by atoms with van der Waals surface area (Å²) in [7, 11) is 0. The van der Waals surface area contributed by atoms with Gasteiger partial charge < -0.3 is 5.73 Å². The van der Waals surface area contributed by atoms with Crippen LogP contribution in [0.4, 0.5) is 0 Å². The Kier molecular flexibility index (Phi) is 3.55. The predicted molar refractivity (Wildman–Crippen MR) is 76.1 cm³/mol. The van der Waals surface area contributed by atoms with E-state index in [0.29, 0.717) is 17.6 Å². The predicted octanol–water partition coefficient (Wildman–Crippen LogP) is 3.48. The monoisotopic (exact) mass is 284 g/mol. The first-order valence-electron chi connectivity index (χ1n) is 6.60. The lowest BCUT2D eigenvalue weighted by molar-refractivity contribution is 0.153. The molecule has 2 bridgehead atoms. The molecule has 2 aliphatic rings. The molecule has 4 heteroatoms. The van der Waals surface area contributed by atoms with E-state index in [1.807, 2.05) is 18.2 Å². The molecule has 98 valence electrons. The van der Waals surface area contributed by atoms with Crippen LogP contribution in [-0.2, 0) is 0 Å². The van der Waals surface area contributed by atoms with E-state index in [2.05, 4.69) is 4.90 Å². The average molecular weight is 285 g/mol. The Morgan fingerprint density at radius 3 is 2.72 bits per heavy atom. The van der Waals surface area contributed by atoms with Gasteiger partial charge in [-0.1, -0.05) is 29.3 Å². The van der Waals surface area contributed by atoms with Gasteiger partial charge in [0.1, 0.15) is 0 Å². The smallest absolute Gasteiger partial charge is 0.0488 e. The molecule has 3 unspecified atom stereocenters. The maximum absolute atomic E-state index is 6.32. The van der Waals surface area contributed by atoms with E-state index in [4.69, 9.17) is 28.9 Å². The number of benzene rings is 1. The molecule has 2 fully saturated rings. The first-order chi connectivity index (χ1) is 8.69. The minimum Gasteiger partial charge on any atom is -0.329 e. The van der Waals surface area contributed by atoms with Crippen molar-refractivity contribution in [3.63, 3.8) is 0 Å². The van der Waals surface area contributed by atoms with Crippen molar-refractivity contribution >= 4 is 23.2 Å². The first-order valence-corrected chi connectivity index (χ1v) is 7.35. The van der Waals surface area contributed by atoms with E-state index >= 15 is 0 Å². The third kappa shape index (κ3) is 2.16. The van der Waals surface area contributed by atoms with Crippen molar-refractivity contribution in [3.8, 4) is 0 Å². The molecule has 0 aromatic heterocycles. The molecule has 1 aliphatic heterocycles. The molecule has 1 aromatic rings. The molecule has 1 saturated carbocycles. The summed E-state index contributed by atoms with van der Waals surface area (Å²) in [6.45, 7) is 1.79. The Bertz CT molecular complexity index is 449. The molecule has 1 saturated heterocycles. The van der Waals surface area contributed by atoms with E-state index < -0.39 is 0 Å². The number of hydrogen-bond donors (Lipinski definition) is 1. The lowest BCUT2D eigenvalue weighted by Gasteiger charge is -2.35. The SMILES string of the molecule is NCC(c1ccc(Cl)cc1Cl)N1CC2CCC1C2. The second-order valence-electron chi connectivity index (χ2n) is 5.45. The van der Waals surface area contributed by atoms with Crippen LogP contribution in [0.5, 0.6) is 0 Å². The summed E-state index contributed by atoms with van der Waals surface area (Å²) >= 11 is 12.3. The van der Waals surface area contributed by atoms with Crippen LogP contribution in [0, 0.1) is 5.92 Å². The molecule has 2 N–H and O–H groups in total. The maximum atomic E-state index is 6.32. The topological polar surface area (TPSA) is 29.3 Å². The molecule has 0 spiro atoms. The molecule has 0 radical (unpaired) electrons. The molecule has 1 aliphatic carbocycles. The molecule has 1 heterocycles. The van der Waals surface area contributed by atoms with Gasteiger partial charge in [-0.15, -0.1) is 0 Å². The normalized spacial score (nSPS) is 28.8. The van der Waals surface area contributed by atoms with Crippen molar-refractivity contribution in [2.45, 2.75) is 31.3 Å². The van der Waals surface area contributed by atoms with Gasteiger partial charge in [0.2, 0.25) is 0 Å². The Balaban J connectivity index is 1.88. The molecule has 3 atom stereocenters. The second-order valence-corrected chi connectivity index (χ2v) is 6.29. The van der Waals surface area contributed by atoms with E-state index in [0.717, 1.165) is 16.5 Å². The van der Waals surface area contributed by atoms with Gasteiger partial charge in [0.25, 0.3) is 0 Å². The van der Waals surface area contributed by atoms with Crippen molar-refractivity contribution in [2.75, 3.05) is 13.1 Å². The quantitative estimate of drug-likeness (QED) is 0.921. The van der Waals surface area contributed by atoms with Gasteiger partial charge in [-0.05, 0) is 42.9 Å². The van der Waals surface area contributed by atoms with Crippen LogP contribution in [0.3, 0.4) is 0 Å². The van der Waals surface area contributed by atoms with Gasteiger partial charge in [0, 0.05) is 35.2 Å². The summed E-state index contributed by atoms with van der Waals surface area (Å²) in [5.74, 6) is 0.870. The number of hydrogen-bond acceptors (Lipinski definition) is 2. The molecular weight excluding hydrogens is 267 g/mol. The fraction of sp³-hybridized carbons (Fsp3) is 0.571. The van der Waals surface area contributed by atoms with Gasteiger partial charge in [-0.3, -0.25) is 4.90 Å². The van der Waals surface area contributed by atoms with E-state index in [9.17, 15) is 0 Å². The van der Waals surface area contributed by atoms with Crippen molar-refractivity contribution in [2.24, 2.45) is 11.7 Å². The van der Waals surface area contributed by atoms with Crippen molar-refractivity contribution in [1.82, 2.24) is 4.90 Å². The Labute approximate surface area is 118 Å². The lowest BCUT2D eigenvalue weighted by Crippen LogP contribution is -2.39. The van der Waals surface area contributed by atoms with E-state index in [-0.39, 0.29) is 6.04 Å². The van der Waals surface area contributed by atoms with Gasteiger partial charge in [-0.2, -0.15) is 0 Å². The number of halogens is 2. The van der Waals surface area contributed by atoms with Crippen LogP contribution in [0.25, 0.3) is 0 Å². The van der Waals surface area contributed by atoms with Crippen molar-refractivity contribution in [3.05, 3.63) is 33.8 Å². The van der Waals surface area contributed by atoms with Crippen LogP contribution >= 0.6 is 23.2 Å². The Morgan fingerprint density at radius 1 is 1.33 bits per heavy atom. The van der Waals surface area contributed by atoms with Gasteiger partial charge in [0.15, 0.2) is 0 Å². The highest BCUT2D eigenvalue weighted by Crippen LogP contribution is 2.43. The fourth-order valence-corrected chi connectivity index (χ4v) is 4.09. The highest BCUT2D eigenvalue weighted by Gasteiger charge is 2.41. The number of nitrogens with two attached hydrogens (primary N) is 1. The largest absolute Gasteiger partial charge is 0.329 e. The lowest BCUT2D eigenvalue weighted by atomic mass is 10.0. The van der Waals surface area contributed by atoms with Crippen LogP contribution in [0.1, 0.15) is 30.9 Å². The standard InChI is InChI=1S/C14H18Cl2N2/c15-10-2-4-12(13(16)6-10)14(7-17)18-8-9-1-3-11(18)5-9/h2,4,6,9,11,14H,1,3,5,7-8,17H2. The zero-order valence-corrected chi connectivity index (χ0v) is 11.8. The van der Waals surface area contributed by atoms with Crippen LogP contribution in [0.15, 0.2) is 18.2 Å². The highest BCUT2D eigenvalue weighted by molar-refractivity contribution is 6.35. The van der Waals surface area contributed by atoms with Gasteiger partial charge in [-0.25, -0.2) is 0 Å². The molecule has 0 amide bonds. The van der Waals surface area contributed by atoms with Crippen LogP contribution in [0.2, 0.25) is 10.0 Å². The molecule has 2 nitrogen and oxygen atoms in total. The minimum atomic E-state index is 0.241. The maximum Gasteiger partial charge on any atom is 0.0488 e. The number of fused-ring (bicyclic) bond motifs is 2. The Hall–Kier alpha value is -0.280. The number of rotatable bonds is 3. The Morgan fingerprint density at radius 2 is 2.17 bits per heavy atom. The zero-order chi connectivity index (χ0) is 12.7. The van der Waals surface area contributed by atoms with Crippen LogP contribution in [-0.4, -0.2) is 24.0 Å². The van der Waals surface area contributed by atoms with Gasteiger partial charge in [0.05, 0.1) is 0 Å². The minimum absolute atomic E-state index is 0.241. The number of nitrogens with zero attached hydrogens (tertiary/aromatic N) is 1. The van der Waals surface area contributed by atoms with Crippen molar-refractivity contribution in [1.29, 1.82) is 0 Å². The first kappa shape index (κ1) is 12.7. The second kappa shape index (κ2) is 5.01. The fourth-order valence-electron chi connectivity index (χ4n) is 3.56. The van der Waals surface area contributed by atoms with E-state index in [1.54, 1.807) is 0 Å². The molecule has 18 heavy (non-hydrogen) atoms. The summed E-state index contributed by atoms with van der Waals surface area (Å²) in [5.41, 5.74) is 7.11. The third-order valence-electron chi connectivity index (χ3n) is 4.40. The summed E-state index contributed by atoms with van der Waals surface area (Å²) in [5, 5.41) is 1.42. The van der Waals surface area contributed by atoms with Crippen molar-refractivity contribution < 1.29 is 0 Å². The molecule has 3 rings (SSSR count). The molecular formula is C14H18Cl2N2. The number of piperidine rings is 1. The summed E-state index contributed by atoms with van der Waals surface area (Å²) in [4.78, 5) is 2.54. The number of likely N-dealkylation sites (tertiary alicyclic amines) is 1. The zero-order valence-electron chi connectivity index (χ0n) is 10.3. The molecule has 1 aromatic carbocycles. The third-order valence-corrected chi connectivity index (χ3v) is 4.96.